The van der Waals surface area contributed by atoms with E-state index in [0.29, 0.717) is 6.42 Å². The van der Waals surface area contributed by atoms with Crippen molar-refractivity contribution in [2.75, 3.05) is 0 Å². The van der Waals surface area contributed by atoms with E-state index in [-0.39, 0.29) is 30.1 Å². The number of para-hydroxylation sites is 1. The average molecular weight is 290 g/mol. The summed E-state index contributed by atoms with van der Waals surface area (Å²) in [4.78, 5) is 14.9. The molecule has 0 amide bonds. The summed E-state index contributed by atoms with van der Waals surface area (Å²) >= 11 is 0. The maximum Gasteiger partial charge on any atom is 1.00 e. The zero-order valence-corrected chi connectivity index (χ0v) is 12.3. The maximum atomic E-state index is 12.0. The van der Waals surface area contributed by atoms with Crippen LogP contribution in [0.4, 0.5) is 5.69 Å². The molecule has 0 unspecified atom stereocenters. The number of benzene rings is 2. The van der Waals surface area contributed by atoms with E-state index in [4.69, 9.17) is 10.8 Å². The van der Waals surface area contributed by atoms with Crippen LogP contribution in [0, 0.1) is 0 Å². The van der Waals surface area contributed by atoms with Crippen molar-refractivity contribution >= 4 is 17.6 Å². The molecule has 1 atom stereocenters. The van der Waals surface area contributed by atoms with Crippen LogP contribution in [0.25, 0.3) is 0 Å². The second kappa shape index (κ2) is 8.40. The monoisotopic (exact) mass is 290 g/mol. The van der Waals surface area contributed by atoms with Gasteiger partial charge in [0.1, 0.15) is 0 Å². The molecule has 0 fully saturated rings. The van der Waals surface area contributed by atoms with Crippen molar-refractivity contribution in [1.82, 2.24) is 0 Å². The predicted octanol–water partition coefficient (Wildman–Crippen LogP) is -1.65. The maximum absolute atomic E-state index is 12.0. The number of nitrogens with zero attached hydrogens (tertiary/aromatic N) is 1. The number of carboxylic acids is 1. The second-order valence-corrected chi connectivity index (χ2v) is 4.57. The predicted molar refractivity (Wildman–Crippen MR) is 78.6 cm³/mol. The molecule has 2 aromatic rings. The fourth-order valence-electron chi connectivity index (χ4n) is 1.91. The van der Waals surface area contributed by atoms with E-state index in [1.165, 1.54) is 12.1 Å². The Morgan fingerprint density at radius 1 is 1.14 bits per heavy atom. The van der Waals surface area contributed by atoms with Gasteiger partial charge in [0.05, 0.1) is 11.3 Å². The number of nitrogens with two attached hydrogens (primary N) is 1. The van der Waals surface area contributed by atoms with Crippen LogP contribution in [0.5, 0.6) is 0 Å². The first-order chi connectivity index (χ1) is 10.1. The van der Waals surface area contributed by atoms with Crippen molar-refractivity contribution in [2.24, 2.45) is 10.7 Å². The Balaban J connectivity index is 0.00000242. The van der Waals surface area contributed by atoms with Crippen molar-refractivity contribution in [3.8, 4) is 0 Å². The third kappa shape index (κ3) is 4.74. The Morgan fingerprint density at radius 3 is 2.36 bits per heavy atom. The molecule has 0 heterocycles. The molecule has 0 saturated carbocycles. The molecule has 3 N–H and O–H groups in total. The molecule has 2 rings (SSSR count). The van der Waals surface area contributed by atoms with E-state index in [0.717, 1.165) is 5.56 Å². The van der Waals surface area contributed by atoms with Gasteiger partial charge in [-0.2, -0.15) is 0 Å². The van der Waals surface area contributed by atoms with Crippen molar-refractivity contribution in [3.05, 3.63) is 65.7 Å². The van der Waals surface area contributed by atoms with Crippen LogP contribution in [0.15, 0.2) is 59.6 Å². The Kier molecular flexibility index (Phi) is 6.87. The summed E-state index contributed by atoms with van der Waals surface area (Å²) < 4.78 is 0. The Morgan fingerprint density at radius 2 is 1.73 bits per heavy atom. The molecular weight excluding hydrogens is 275 g/mol. The number of aromatic carboxylic acids is 1. The topological polar surface area (TPSA) is 98.7 Å². The molecule has 2 aromatic carbocycles. The number of carboxylic acid groups (broad SMARTS) is 1. The summed E-state index contributed by atoms with van der Waals surface area (Å²) in [6.45, 7) is 0. The third-order valence-corrected chi connectivity index (χ3v) is 2.98. The normalized spacial score (nSPS) is 12.3. The third-order valence-electron chi connectivity index (χ3n) is 2.98. The molecule has 6 heteroatoms. The Bertz CT molecular complexity index is 659. The van der Waals surface area contributed by atoms with Crippen LogP contribution in [0.1, 0.15) is 15.9 Å². The Labute approximate surface area is 140 Å². The minimum absolute atomic E-state index is 0. The fourth-order valence-corrected chi connectivity index (χ4v) is 1.91. The Hall–Kier alpha value is -2.06. The number of carbonyl (C=O) groups is 1. The van der Waals surface area contributed by atoms with Crippen LogP contribution >= 0.6 is 0 Å². The largest absolute Gasteiger partial charge is 1.00 e. The van der Waals surface area contributed by atoms with Crippen LogP contribution in [0.3, 0.4) is 0 Å². The van der Waals surface area contributed by atoms with E-state index in [1.54, 1.807) is 12.1 Å². The van der Waals surface area contributed by atoms with E-state index in [1.807, 2.05) is 30.3 Å². The molecule has 0 aliphatic rings. The van der Waals surface area contributed by atoms with Crippen molar-refractivity contribution in [2.45, 2.75) is 12.5 Å². The van der Waals surface area contributed by atoms with Crippen molar-refractivity contribution < 1.29 is 33.9 Å². The number of rotatable bonds is 5. The standard InChI is InChI=1S/C16H16N2O3.Li/c17-13(10-11-6-2-1-3-7-11)15(19)18-14-9-5-4-8-12(14)16(20)21;/h1-9,13H,10,17H2,(H,18,19)(H,20,21);/q;+1/p-1/t13-;/m0./s1. The summed E-state index contributed by atoms with van der Waals surface area (Å²) in [5, 5.41) is 21.1. The van der Waals surface area contributed by atoms with Gasteiger partial charge in [-0.05, 0) is 30.0 Å². The van der Waals surface area contributed by atoms with Gasteiger partial charge in [-0.3, -0.25) is 4.99 Å². The molecule has 108 valence electrons. The van der Waals surface area contributed by atoms with Gasteiger partial charge in [0.25, 0.3) is 0 Å². The second-order valence-electron chi connectivity index (χ2n) is 4.57. The molecule has 0 aromatic heterocycles. The average Bonchev–Trinajstić information content (AvgIpc) is 2.48. The first-order valence-corrected chi connectivity index (χ1v) is 6.45. The summed E-state index contributed by atoms with van der Waals surface area (Å²) in [7, 11) is 0. The summed E-state index contributed by atoms with van der Waals surface area (Å²) in [5.41, 5.74) is 6.87. The van der Waals surface area contributed by atoms with Crippen LogP contribution in [-0.2, 0) is 6.42 Å². The molecule has 0 aliphatic heterocycles. The molecule has 0 bridgehead atoms. The van der Waals surface area contributed by atoms with Gasteiger partial charge in [0, 0.05) is 6.04 Å². The first-order valence-electron chi connectivity index (χ1n) is 6.45. The fraction of sp³-hybridized carbons (Fsp3) is 0.125. The molecule has 0 radical (unpaired) electrons. The first kappa shape index (κ1) is 18.0. The molecule has 0 spiro atoms. The van der Waals surface area contributed by atoms with Crippen molar-refractivity contribution in [1.29, 1.82) is 0 Å². The number of hydrogen-bond acceptors (Lipinski definition) is 4. The summed E-state index contributed by atoms with van der Waals surface area (Å²) in [6, 6.07) is 14.6. The summed E-state index contributed by atoms with van der Waals surface area (Å²) in [6.07, 6.45) is 0.360. The van der Waals surface area contributed by atoms with E-state index < -0.39 is 17.9 Å². The van der Waals surface area contributed by atoms with Crippen LogP contribution in [0.2, 0.25) is 0 Å². The van der Waals surface area contributed by atoms with Gasteiger partial charge < -0.3 is 15.9 Å². The SMILES string of the molecule is N[C@@H](Cc1ccccc1)C([O-])=Nc1ccccc1C(=O)O.[Li+]. The molecule has 5 nitrogen and oxygen atoms in total. The molecule has 0 saturated heterocycles. The molecule has 0 aliphatic carbocycles. The smallest absolute Gasteiger partial charge is 0.861 e. The van der Waals surface area contributed by atoms with Gasteiger partial charge in [0.15, 0.2) is 0 Å². The van der Waals surface area contributed by atoms with Gasteiger partial charge >= 0.3 is 24.8 Å². The number of hydrogen-bond donors (Lipinski definition) is 2. The van der Waals surface area contributed by atoms with E-state index in [2.05, 4.69) is 4.99 Å². The minimum Gasteiger partial charge on any atom is -0.861 e. The van der Waals surface area contributed by atoms with Gasteiger partial charge in [-0.25, -0.2) is 4.79 Å². The van der Waals surface area contributed by atoms with Gasteiger partial charge in [-0.15, -0.1) is 0 Å². The van der Waals surface area contributed by atoms with Crippen molar-refractivity contribution in [3.63, 3.8) is 0 Å². The van der Waals surface area contributed by atoms with E-state index >= 15 is 0 Å². The van der Waals surface area contributed by atoms with Crippen LogP contribution < -0.4 is 29.7 Å². The zero-order valence-electron chi connectivity index (χ0n) is 12.3. The zero-order chi connectivity index (χ0) is 15.2. The molecular formula is C16H15LiN2O3. The van der Waals surface area contributed by atoms with Gasteiger partial charge in [0.2, 0.25) is 0 Å². The quantitative estimate of drug-likeness (QED) is 0.391. The number of aliphatic imine (C=N–C) groups is 1. The van der Waals surface area contributed by atoms with Crippen LogP contribution in [-0.4, -0.2) is 23.0 Å². The summed E-state index contributed by atoms with van der Waals surface area (Å²) in [5.74, 6) is -1.66. The molecule has 22 heavy (non-hydrogen) atoms. The minimum atomic E-state index is -1.13. The van der Waals surface area contributed by atoms with E-state index in [9.17, 15) is 9.90 Å². The van der Waals surface area contributed by atoms with Gasteiger partial charge in [-0.1, -0.05) is 42.5 Å².